The summed E-state index contributed by atoms with van der Waals surface area (Å²) in [5.41, 5.74) is 0. The normalized spacial score (nSPS) is 23.9. The van der Waals surface area contributed by atoms with E-state index in [-0.39, 0.29) is 11.9 Å². The van der Waals surface area contributed by atoms with E-state index in [0.717, 1.165) is 25.9 Å². The van der Waals surface area contributed by atoms with Crippen molar-refractivity contribution in [2.45, 2.75) is 51.6 Å². The highest BCUT2D eigenvalue weighted by Gasteiger charge is 2.25. The van der Waals surface area contributed by atoms with Crippen molar-refractivity contribution in [2.24, 2.45) is 5.92 Å². The number of amides is 1. The smallest absolute Gasteiger partial charge is 0.237 e. The van der Waals surface area contributed by atoms with Crippen LogP contribution in [0, 0.1) is 5.92 Å². The third kappa shape index (κ3) is 4.58. The number of likely N-dealkylation sites (tertiary alicyclic amines) is 1. The zero-order valence-electron chi connectivity index (χ0n) is 11.7. The molecule has 2 atom stereocenters. The minimum absolute atomic E-state index is 0.0633. The van der Waals surface area contributed by atoms with Crippen LogP contribution in [0.15, 0.2) is 0 Å². The molecule has 18 heavy (non-hydrogen) atoms. The van der Waals surface area contributed by atoms with Crippen molar-refractivity contribution >= 4 is 5.91 Å². The fourth-order valence-electron chi connectivity index (χ4n) is 2.50. The number of carbonyl (C=O) groups is 1. The second-order valence-electron chi connectivity index (χ2n) is 6.03. The molecule has 1 saturated heterocycles. The molecule has 2 rings (SSSR count). The molecule has 104 valence electrons. The van der Waals surface area contributed by atoms with Crippen molar-refractivity contribution in [2.75, 3.05) is 26.2 Å². The summed E-state index contributed by atoms with van der Waals surface area (Å²) in [6.07, 6.45) is 5.01. The third-order valence-electron chi connectivity index (χ3n) is 3.86. The van der Waals surface area contributed by atoms with Crippen molar-refractivity contribution in [3.8, 4) is 0 Å². The van der Waals surface area contributed by atoms with Gasteiger partial charge in [0.15, 0.2) is 0 Å². The lowest BCUT2D eigenvalue weighted by Gasteiger charge is -2.22. The van der Waals surface area contributed by atoms with Crippen molar-refractivity contribution in [3.63, 3.8) is 0 Å². The van der Waals surface area contributed by atoms with Gasteiger partial charge in [-0.15, -0.1) is 0 Å². The minimum atomic E-state index is -0.0633. The molecule has 1 saturated carbocycles. The number of nitrogens with zero attached hydrogens (tertiary/aromatic N) is 1. The van der Waals surface area contributed by atoms with Crippen LogP contribution in [0.1, 0.15) is 39.5 Å². The lowest BCUT2D eigenvalue weighted by molar-refractivity contribution is -0.122. The second kappa shape index (κ2) is 6.53. The number of hydrogen-bond acceptors (Lipinski definition) is 3. The van der Waals surface area contributed by atoms with Gasteiger partial charge < -0.3 is 15.5 Å². The first-order valence-electron chi connectivity index (χ1n) is 7.41. The Balaban J connectivity index is 1.58. The van der Waals surface area contributed by atoms with Gasteiger partial charge in [0.1, 0.15) is 0 Å². The first-order valence-corrected chi connectivity index (χ1v) is 7.41. The van der Waals surface area contributed by atoms with Gasteiger partial charge in [0.25, 0.3) is 0 Å². The molecule has 4 nitrogen and oxygen atoms in total. The van der Waals surface area contributed by atoms with E-state index in [1.165, 1.54) is 25.9 Å². The summed E-state index contributed by atoms with van der Waals surface area (Å²) in [5.74, 6) is 0.769. The first kappa shape index (κ1) is 13.8. The highest BCUT2D eigenvalue weighted by atomic mass is 16.2. The molecule has 0 spiro atoms. The van der Waals surface area contributed by atoms with Gasteiger partial charge >= 0.3 is 0 Å². The summed E-state index contributed by atoms with van der Waals surface area (Å²) in [6, 6.07) is 0.399. The Morgan fingerprint density at radius 2 is 1.94 bits per heavy atom. The Bertz CT molecular complexity index is 272. The lowest BCUT2D eigenvalue weighted by atomic mass is 10.1. The first-order chi connectivity index (χ1) is 8.65. The van der Waals surface area contributed by atoms with Gasteiger partial charge in [-0.05, 0) is 58.2 Å². The zero-order chi connectivity index (χ0) is 13.0. The maximum atomic E-state index is 11.8. The van der Waals surface area contributed by atoms with Crippen LogP contribution in [0.4, 0.5) is 0 Å². The van der Waals surface area contributed by atoms with Gasteiger partial charge in [-0.25, -0.2) is 0 Å². The predicted molar refractivity (Wildman–Crippen MR) is 73.5 cm³/mol. The molecule has 1 aliphatic carbocycles. The highest BCUT2D eigenvalue weighted by Crippen LogP contribution is 2.18. The van der Waals surface area contributed by atoms with E-state index in [4.69, 9.17) is 0 Å². The monoisotopic (exact) mass is 253 g/mol. The van der Waals surface area contributed by atoms with E-state index in [2.05, 4.69) is 22.5 Å². The molecule has 1 heterocycles. The average Bonchev–Trinajstić information content (AvgIpc) is 3.00. The van der Waals surface area contributed by atoms with Crippen LogP contribution in [0.5, 0.6) is 0 Å². The fourth-order valence-corrected chi connectivity index (χ4v) is 2.50. The summed E-state index contributed by atoms with van der Waals surface area (Å²) in [6.45, 7) is 8.81. The number of rotatable bonds is 7. The van der Waals surface area contributed by atoms with Crippen molar-refractivity contribution in [3.05, 3.63) is 0 Å². The predicted octanol–water partition coefficient (Wildman–Crippen LogP) is 0.975. The Hall–Kier alpha value is -0.610. The van der Waals surface area contributed by atoms with Gasteiger partial charge in [-0.2, -0.15) is 0 Å². The molecule has 0 bridgehead atoms. The highest BCUT2D eigenvalue weighted by molar-refractivity contribution is 5.81. The fraction of sp³-hybridized carbons (Fsp3) is 0.929. The van der Waals surface area contributed by atoms with Crippen LogP contribution >= 0.6 is 0 Å². The Morgan fingerprint density at radius 3 is 2.56 bits per heavy atom. The van der Waals surface area contributed by atoms with E-state index < -0.39 is 0 Å². The summed E-state index contributed by atoms with van der Waals surface area (Å²) in [5, 5.41) is 6.39. The Labute approximate surface area is 110 Å². The second-order valence-corrected chi connectivity index (χ2v) is 6.03. The van der Waals surface area contributed by atoms with Crippen LogP contribution in [0.3, 0.4) is 0 Å². The van der Waals surface area contributed by atoms with Crippen LogP contribution in [-0.4, -0.2) is 49.1 Å². The molecule has 0 aromatic rings. The van der Waals surface area contributed by atoms with Crippen LogP contribution in [-0.2, 0) is 4.79 Å². The average molecular weight is 253 g/mol. The molecule has 2 N–H and O–H groups in total. The molecule has 2 aliphatic rings. The summed E-state index contributed by atoms with van der Waals surface area (Å²) in [7, 11) is 0. The topological polar surface area (TPSA) is 44.4 Å². The molecule has 1 amide bonds. The number of hydrogen-bond donors (Lipinski definition) is 2. The molecule has 0 aromatic carbocycles. The quantitative estimate of drug-likeness (QED) is 0.711. The number of nitrogens with one attached hydrogen (secondary N) is 2. The molecular formula is C14H27N3O. The molecular weight excluding hydrogens is 226 g/mol. The van der Waals surface area contributed by atoms with Gasteiger partial charge in [-0.3, -0.25) is 4.79 Å². The van der Waals surface area contributed by atoms with E-state index in [0.29, 0.717) is 12.0 Å². The zero-order valence-corrected chi connectivity index (χ0v) is 11.7. The summed E-state index contributed by atoms with van der Waals surface area (Å²) < 4.78 is 0. The van der Waals surface area contributed by atoms with Gasteiger partial charge in [0.2, 0.25) is 5.91 Å². The summed E-state index contributed by atoms with van der Waals surface area (Å²) in [4.78, 5) is 14.3. The minimum Gasteiger partial charge on any atom is -0.352 e. The van der Waals surface area contributed by atoms with Gasteiger partial charge in [-0.1, -0.05) is 6.92 Å². The van der Waals surface area contributed by atoms with Crippen LogP contribution in [0.25, 0.3) is 0 Å². The van der Waals surface area contributed by atoms with Crippen LogP contribution in [0.2, 0.25) is 0 Å². The third-order valence-corrected chi connectivity index (χ3v) is 3.86. The maximum absolute atomic E-state index is 11.8. The molecule has 0 radical (unpaired) electrons. The lowest BCUT2D eigenvalue weighted by Crippen LogP contribution is -2.45. The van der Waals surface area contributed by atoms with E-state index in [1.807, 2.05) is 6.92 Å². The maximum Gasteiger partial charge on any atom is 0.237 e. The van der Waals surface area contributed by atoms with E-state index in [9.17, 15) is 4.79 Å². The molecule has 2 fully saturated rings. The van der Waals surface area contributed by atoms with Crippen molar-refractivity contribution in [1.82, 2.24) is 15.5 Å². The van der Waals surface area contributed by atoms with Crippen LogP contribution < -0.4 is 10.6 Å². The Morgan fingerprint density at radius 1 is 1.28 bits per heavy atom. The van der Waals surface area contributed by atoms with Gasteiger partial charge in [0.05, 0.1) is 6.04 Å². The van der Waals surface area contributed by atoms with Gasteiger partial charge in [0, 0.05) is 12.6 Å². The Kier molecular flexibility index (Phi) is 5.01. The largest absolute Gasteiger partial charge is 0.352 e. The molecule has 1 aliphatic heterocycles. The standard InChI is InChI=1S/C14H27N3O/c1-11(10-17-7-3-4-8-17)9-15-12(2)14(18)16-13-5-6-13/h11-13,15H,3-10H2,1-2H3,(H,16,18). The molecule has 0 aromatic heterocycles. The molecule has 2 unspecified atom stereocenters. The SMILES string of the molecule is CC(CNC(C)C(=O)NC1CC1)CN1CCCC1. The van der Waals surface area contributed by atoms with E-state index >= 15 is 0 Å². The number of carbonyl (C=O) groups excluding carboxylic acids is 1. The van der Waals surface area contributed by atoms with Crippen molar-refractivity contribution in [1.29, 1.82) is 0 Å². The van der Waals surface area contributed by atoms with Crippen molar-refractivity contribution < 1.29 is 4.79 Å². The molecule has 4 heteroatoms. The summed E-state index contributed by atoms with van der Waals surface area (Å²) >= 11 is 0. The van der Waals surface area contributed by atoms with E-state index in [1.54, 1.807) is 0 Å².